The second kappa shape index (κ2) is 6.33. The van der Waals surface area contributed by atoms with Gasteiger partial charge in [-0.05, 0) is 28.1 Å². The van der Waals surface area contributed by atoms with Crippen molar-refractivity contribution in [1.29, 1.82) is 0 Å². The third-order valence-electron chi connectivity index (χ3n) is 2.70. The van der Waals surface area contributed by atoms with Crippen molar-refractivity contribution in [3.63, 3.8) is 0 Å². The second-order valence-corrected chi connectivity index (χ2v) is 4.98. The van der Waals surface area contributed by atoms with Gasteiger partial charge >= 0.3 is 5.97 Å². The molecule has 0 aliphatic carbocycles. The maximum absolute atomic E-state index is 12.1. The molecule has 0 bridgehead atoms. The Hall–Kier alpha value is -2.15. The Bertz CT molecular complexity index is 613. The van der Waals surface area contributed by atoms with Crippen molar-refractivity contribution in [3.05, 3.63) is 52.5 Å². The Morgan fingerprint density at radius 1 is 1.40 bits per heavy atom. The van der Waals surface area contributed by atoms with Gasteiger partial charge in [-0.3, -0.25) is 4.79 Å². The van der Waals surface area contributed by atoms with E-state index in [0.717, 1.165) is 0 Å². The molecule has 2 rings (SSSR count). The average molecular weight is 338 g/mol. The quantitative estimate of drug-likeness (QED) is 0.772. The van der Waals surface area contributed by atoms with Crippen molar-refractivity contribution in [1.82, 2.24) is 15.3 Å². The van der Waals surface area contributed by atoms with Crippen LogP contribution in [0.5, 0.6) is 0 Å². The van der Waals surface area contributed by atoms with E-state index in [0.29, 0.717) is 15.7 Å². The van der Waals surface area contributed by atoms with Crippen LogP contribution < -0.4 is 5.32 Å². The maximum atomic E-state index is 12.1. The van der Waals surface area contributed by atoms with Crippen LogP contribution in [0.25, 0.3) is 0 Å². The van der Waals surface area contributed by atoms with Crippen LogP contribution in [0.2, 0.25) is 0 Å². The van der Waals surface area contributed by atoms with E-state index < -0.39 is 17.9 Å². The van der Waals surface area contributed by atoms with E-state index in [1.807, 2.05) is 0 Å². The minimum atomic E-state index is -1.10. The third-order valence-corrected chi connectivity index (χ3v) is 3.39. The van der Waals surface area contributed by atoms with Gasteiger partial charge in [-0.25, -0.2) is 9.78 Å². The van der Waals surface area contributed by atoms with Crippen LogP contribution in [0.3, 0.4) is 0 Å². The zero-order valence-electron chi connectivity index (χ0n) is 10.3. The molecule has 0 aliphatic rings. The Morgan fingerprint density at radius 3 is 2.75 bits per heavy atom. The van der Waals surface area contributed by atoms with Crippen LogP contribution in [-0.4, -0.2) is 33.0 Å². The highest BCUT2D eigenvalue weighted by atomic mass is 79.9. The van der Waals surface area contributed by atoms with Crippen LogP contribution in [0.15, 0.2) is 41.3 Å². The first kappa shape index (κ1) is 14.3. The maximum Gasteiger partial charge on any atom is 0.326 e. The fraction of sp³-hybridized carbons (Fsp3) is 0.154. The predicted octanol–water partition coefficient (Wildman–Crippen LogP) is 1.60. The molecule has 6 nitrogen and oxygen atoms in total. The summed E-state index contributed by atoms with van der Waals surface area (Å²) >= 11 is 3.26. The fourth-order valence-corrected chi connectivity index (χ4v) is 2.16. The molecule has 104 valence electrons. The van der Waals surface area contributed by atoms with Crippen molar-refractivity contribution in [2.45, 2.75) is 12.5 Å². The number of aromatic nitrogens is 2. The molecular formula is C13H12BrN3O3. The molecule has 0 saturated carbocycles. The lowest BCUT2D eigenvalue weighted by molar-refractivity contribution is -0.139. The summed E-state index contributed by atoms with van der Waals surface area (Å²) < 4.78 is 0.614. The van der Waals surface area contributed by atoms with Gasteiger partial charge in [0.05, 0.1) is 11.9 Å². The van der Waals surface area contributed by atoms with Crippen LogP contribution in [0.4, 0.5) is 0 Å². The van der Waals surface area contributed by atoms with E-state index in [4.69, 9.17) is 0 Å². The standard InChI is InChI=1S/C13H12BrN3O3/c14-10-4-2-1-3-9(10)12(18)17-11(13(19)20)5-8-6-15-7-16-8/h1-4,6-7,11H,5H2,(H,15,16)(H,17,18)(H,19,20). The molecule has 1 aromatic carbocycles. The van der Waals surface area contributed by atoms with Crippen LogP contribution in [0, 0.1) is 0 Å². The number of carbonyl (C=O) groups is 2. The molecule has 3 N–H and O–H groups in total. The molecule has 1 aromatic heterocycles. The van der Waals surface area contributed by atoms with Gasteiger partial charge in [0.25, 0.3) is 5.91 Å². The summed E-state index contributed by atoms with van der Waals surface area (Å²) in [6, 6.07) is 5.81. The fourth-order valence-electron chi connectivity index (χ4n) is 1.70. The number of carboxylic acids is 1. The average Bonchev–Trinajstić information content (AvgIpc) is 2.91. The number of halogens is 1. The van der Waals surface area contributed by atoms with E-state index in [1.54, 1.807) is 24.3 Å². The van der Waals surface area contributed by atoms with E-state index in [1.165, 1.54) is 12.5 Å². The number of nitrogens with one attached hydrogen (secondary N) is 2. The molecular weight excluding hydrogens is 326 g/mol. The summed E-state index contributed by atoms with van der Waals surface area (Å²) in [5.74, 6) is -1.54. The number of rotatable bonds is 5. The van der Waals surface area contributed by atoms with E-state index >= 15 is 0 Å². The molecule has 0 fully saturated rings. The number of H-pyrrole nitrogens is 1. The summed E-state index contributed by atoms with van der Waals surface area (Å²) in [4.78, 5) is 29.9. The number of aromatic amines is 1. The number of carbonyl (C=O) groups excluding carboxylic acids is 1. The van der Waals surface area contributed by atoms with Crippen LogP contribution in [0.1, 0.15) is 16.1 Å². The summed E-state index contributed by atoms with van der Waals surface area (Å²) in [7, 11) is 0. The first-order valence-corrected chi connectivity index (χ1v) is 6.62. The van der Waals surface area contributed by atoms with Gasteiger partial charge in [0.15, 0.2) is 0 Å². The van der Waals surface area contributed by atoms with Gasteiger partial charge < -0.3 is 15.4 Å². The minimum Gasteiger partial charge on any atom is -0.480 e. The molecule has 0 aliphatic heterocycles. The highest BCUT2D eigenvalue weighted by Crippen LogP contribution is 2.15. The summed E-state index contributed by atoms with van der Waals surface area (Å²) in [6.07, 6.45) is 3.13. The monoisotopic (exact) mass is 337 g/mol. The number of nitrogens with zero attached hydrogens (tertiary/aromatic N) is 1. The lowest BCUT2D eigenvalue weighted by Crippen LogP contribution is -2.42. The highest BCUT2D eigenvalue weighted by Gasteiger charge is 2.22. The first-order chi connectivity index (χ1) is 9.58. The van der Waals surface area contributed by atoms with Gasteiger partial charge in [0.2, 0.25) is 0 Å². The summed E-state index contributed by atoms with van der Waals surface area (Å²) in [5.41, 5.74) is 1.04. The van der Waals surface area contributed by atoms with Gasteiger partial charge in [-0.15, -0.1) is 0 Å². The van der Waals surface area contributed by atoms with Crippen LogP contribution in [-0.2, 0) is 11.2 Å². The normalized spacial score (nSPS) is 11.8. The zero-order valence-corrected chi connectivity index (χ0v) is 11.9. The smallest absolute Gasteiger partial charge is 0.326 e. The third kappa shape index (κ3) is 3.45. The van der Waals surface area contributed by atoms with Gasteiger partial charge in [0, 0.05) is 22.8 Å². The SMILES string of the molecule is O=C(NC(Cc1cnc[nH]1)C(=O)O)c1ccccc1Br. The topological polar surface area (TPSA) is 95.1 Å². The Balaban J connectivity index is 2.10. The lowest BCUT2D eigenvalue weighted by atomic mass is 10.1. The zero-order chi connectivity index (χ0) is 14.5. The number of hydrogen-bond donors (Lipinski definition) is 3. The molecule has 1 atom stereocenters. The number of aliphatic carboxylic acids is 1. The molecule has 20 heavy (non-hydrogen) atoms. The molecule has 2 aromatic rings. The number of carboxylic acid groups (broad SMARTS) is 1. The Kier molecular flexibility index (Phi) is 4.52. The van der Waals surface area contributed by atoms with Gasteiger partial charge in [0.1, 0.15) is 6.04 Å². The first-order valence-electron chi connectivity index (χ1n) is 5.83. The minimum absolute atomic E-state index is 0.144. The van der Waals surface area contributed by atoms with E-state index in [-0.39, 0.29) is 6.42 Å². The lowest BCUT2D eigenvalue weighted by Gasteiger charge is -2.14. The van der Waals surface area contributed by atoms with Crippen molar-refractivity contribution < 1.29 is 14.7 Å². The summed E-state index contributed by atoms with van der Waals surface area (Å²) in [5, 5.41) is 11.7. The molecule has 0 spiro atoms. The van der Waals surface area contributed by atoms with Crippen LogP contribution >= 0.6 is 15.9 Å². The highest BCUT2D eigenvalue weighted by molar-refractivity contribution is 9.10. The Morgan fingerprint density at radius 2 is 2.15 bits per heavy atom. The Labute approximate surface area is 123 Å². The number of hydrogen-bond acceptors (Lipinski definition) is 3. The molecule has 1 heterocycles. The largest absolute Gasteiger partial charge is 0.480 e. The molecule has 0 saturated heterocycles. The molecule has 0 radical (unpaired) electrons. The summed E-state index contributed by atoms with van der Waals surface area (Å²) in [6.45, 7) is 0. The second-order valence-electron chi connectivity index (χ2n) is 4.13. The van der Waals surface area contributed by atoms with Crippen molar-refractivity contribution >= 4 is 27.8 Å². The molecule has 1 unspecified atom stereocenters. The number of amides is 1. The number of benzene rings is 1. The van der Waals surface area contributed by atoms with Crippen molar-refractivity contribution in [3.8, 4) is 0 Å². The molecule has 1 amide bonds. The number of imidazole rings is 1. The molecule has 7 heteroatoms. The van der Waals surface area contributed by atoms with Crippen molar-refractivity contribution in [2.24, 2.45) is 0 Å². The van der Waals surface area contributed by atoms with Gasteiger partial charge in [-0.2, -0.15) is 0 Å². The van der Waals surface area contributed by atoms with Crippen molar-refractivity contribution in [2.75, 3.05) is 0 Å². The van der Waals surface area contributed by atoms with E-state index in [9.17, 15) is 14.7 Å². The van der Waals surface area contributed by atoms with Gasteiger partial charge in [-0.1, -0.05) is 12.1 Å². The van der Waals surface area contributed by atoms with E-state index in [2.05, 4.69) is 31.2 Å². The predicted molar refractivity (Wildman–Crippen MR) is 75.3 cm³/mol.